The summed E-state index contributed by atoms with van der Waals surface area (Å²) in [5.74, 6) is -0.0488. The number of nitrogens with zero attached hydrogens (tertiary/aromatic N) is 2. The molecule has 0 aromatic heterocycles. The number of hydrazone groups is 1. The summed E-state index contributed by atoms with van der Waals surface area (Å²) in [6, 6.07) is 8.88. The minimum atomic E-state index is -0.271. The molecule has 0 radical (unpaired) electrons. The van der Waals surface area contributed by atoms with Gasteiger partial charge < -0.3 is 4.74 Å². The normalized spacial score (nSPS) is 25.9. The Kier molecular flexibility index (Phi) is 6.42. The van der Waals surface area contributed by atoms with Crippen molar-refractivity contribution in [2.75, 3.05) is 0 Å². The highest BCUT2D eigenvalue weighted by molar-refractivity contribution is 9.11. The van der Waals surface area contributed by atoms with Crippen LogP contribution in [0.2, 0.25) is 10.0 Å². The number of hydrogen-bond donors (Lipinski definition) is 0. The summed E-state index contributed by atoms with van der Waals surface area (Å²) in [6.07, 6.45) is 7.64. The maximum Gasteiger partial charge on any atom is 0.254 e. The van der Waals surface area contributed by atoms with E-state index in [9.17, 15) is 9.59 Å². The fourth-order valence-electron chi connectivity index (χ4n) is 4.88. The van der Waals surface area contributed by atoms with Gasteiger partial charge in [0.05, 0.1) is 27.0 Å². The molecule has 0 unspecified atom stereocenters. The molecule has 0 N–H and O–H groups in total. The highest BCUT2D eigenvalue weighted by atomic mass is 79.9. The summed E-state index contributed by atoms with van der Waals surface area (Å²) in [5.41, 5.74) is 1.52. The number of fused-ring (bicyclic) bond motifs is 1. The molecule has 33 heavy (non-hydrogen) atoms. The molecule has 1 aliphatic heterocycles. The van der Waals surface area contributed by atoms with Gasteiger partial charge in [0, 0.05) is 15.6 Å². The lowest BCUT2D eigenvalue weighted by molar-refractivity contribution is -0.140. The first kappa shape index (κ1) is 23.1. The van der Waals surface area contributed by atoms with Crippen LogP contribution in [0, 0.1) is 23.7 Å². The molecule has 2 bridgehead atoms. The monoisotopic (exact) mass is 610 g/mol. The van der Waals surface area contributed by atoms with Crippen LogP contribution in [0.25, 0.3) is 0 Å². The third-order valence-corrected chi connectivity index (χ3v) is 8.23. The second-order valence-electron chi connectivity index (χ2n) is 8.41. The van der Waals surface area contributed by atoms with E-state index in [1.165, 1.54) is 6.21 Å². The van der Waals surface area contributed by atoms with Crippen molar-refractivity contribution in [1.29, 1.82) is 0 Å². The third-order valence-electron chi connectivity index (χ3n) is 6.47. The number of ether oxygens (including phenoxy) is 1. The van der Waals surface area contributed by atoms with Crippen molar-refractivity contribution in [3.8, 4) is 5.75 Å². The number of rotatable bonds is 5. The van der Waals surface area contributed by atoms with E-state index in [-0.39, 0.29) is 42.1 Å². The van der Waals surface area contributed by atoms with Gasteiger partial charge in [-0.15, -0.1) is 0 Å². The van der Waals surface area contributed by atoms with E-state index in [4.69, 9.17) is 27.9 Å². The highest BCUT2D eigenvalue weighted by Crippen LogP contribution is 2.49. The van der Waals surface area contributed by atoms with Crippen molar-refractivity contribution < 1.29 is 14.3 Å². The van der Waals surface area contributed by atoms with Gasteiger partial charge in [-0.3, -0.25) is 9.59 Å². The van der Waals surface area contributed by atoms with Crippen molar-refractivity contribution in [1.82, 2.24) is 5.01 Å². The first-order valence-electron chi connectivity index (χ1n) is 10.5. The molecule has 170 valence electrons. The molecule has 6 rings (SSSR count). The molecule has 9 heteroatoms. The number of imide groups is 1. The summed E-state index contributed by atoms with van der Waals surface area (Å²) in [4.78, 5) is 25.8. The Morgan fingerprint density at radius 3 is 2.15 bits per heavy atom. The van der Waals surface area contributed by atoms with E-state index in [1.54, 1.807) is 12.1 Å². The van der Waals surface area contributed by atoms with Gasteiger partial charge in [-0.1, -0.05) is 41.4 Å². The fraction of sp³-hybridized carbons (Fsp3) is 0.292. The second-order valence-corrected chi connectivity index (χ2v) is 11.0. The van der Waals surface area contributed by atoms with Crippen LogP contribution in [-0.4, -0.2) is 23.0 Å². The first-order valence-corrected chi connectivity index (χ1v) is 12.8. The number of carbonyl (C=O) groups excluding carboxylic acids is 2. The Morgan fingerprint density at radius 2 is 1.61 bits per heavy atom. The lowest BCUT2D eigenvalue weighted by Gasteiger charge is -2.37. The molecule has 0 spiro atoms. The molecule has 1 heterocycles. The number of carbonyl (C=O) groups is 2. The molecule has 4 aliphatic rings. The predicted molar refractivity (Wildman–Crippen MR) is 134 cm³/mol. The van der Waals surface area contributed by atoms with E-state index in [0.717, 1.165) is 23.4 Å². The molecular formula is C24H18Br2Cl2N2O3. The topological polar surface area (TPSA) is 59.0 Å². The van der Waals surface area contributed by atoms with E-state index >= 15 is 0 Å². The van der Waals surface area contributed by atoms with Crippen molar-refractivity contribution in [2.24, 2.45) is 28.8 Å². The zero-order valence-electron chi connectivity index (χ0n) is 17.2. The van der Waals surface area contributed by atoms with Crippen molar-refractivity contribution in [3.63, 3.8) is 0 Å². The first-order chi connectivity index (χ1) is 15.8. The van der Waals surface area contributed by atoms with Crippen LogP contribution in [0.3, 0.4) is 0 Å². The Balaban J connectivity index is 1.31. The van der Waals surface area contributed by atoms with Crippen molar-refractivity contribution in [2.45, 2.75) is 19.4 Å². The number of amides is 2. The summed E-state index contributed by atoms with van der Waals surface area (Å²) in [7, 11) is 0. The van der Waals surface area contributed by atoms with Crippen molar-refractivity contribution >= 4 is 73.1 Å². The molecule has 1 saturated carbocycles. The Morgan fingerprint density at radius 1 is 1.00 bits per heavy atom. The van der Waals surface area contributed by atoms with Crippen molar-refractivity contribution in [3.05, 3.63) is 72.6 Å². The summed E-state index contributed by atoms with van der Waals surface area (Å²) >= 11 is 19.2. The highest BCUT2D eigenvalue weighted by Gasteiger charge is 2.56. The quantitative estimate of drug-likeness (QED) is 0.216. The minimum Gasteiger partial charge on any atom is -0.486 e. The molecule has 2 aromatic rings. The van der Waals surface area contributed by atoms with Crippen LogP contribution >= 0.6 is 55.1 Å². The maximum atomic E-state index is 12.9. The molecule has 1 saturated heterocycles. The van der Waals surface area contributed by atoms with Crippen LogP contribution in [0.15, 0.2) is 56.5 Å². The van der Waals surface area contributed by atoms with Gasteiger partial charge in [-0.25, -0.2) is 0 Å². The molecule has 5 nitrogen and oxygen atoms in total. The largest absolute Gasteiger partial charge is 0.486 e. The Hall–Kier alpha value is -1.67. The second kappa shape index (κ2) is 9.17. The zero-order valence-corrected chi connectivity index (χ0v) is 21.9. The van der Waals surface area contributed by atoms with Crippen LogP contribution < -0.4 is 4.74 Å². The number of hydrogen-bond acceptors (Lipinski definition) is 4. The van der Waals surface area contributed by atoms with Crippen LogP contribution in [0.1, 0.15) is 24.0 Å². The molecule has 3 aliphatic carbocycles. The van der Waals surface area contributed by atoms with E-state index in [0.29, 0.717) is 30.3 Å². The van der Waals surface area contributed by atoms with Gasteiger partial charge in [0.15, 0.2) is 0 Å². The van der Waals surface area contributed by atoms with Crippen LogP contribution in [0.5, 0.6) is 5.75 Å². The number of benzene rings is 2. The molecule has 2 fully saturated rings. The van der Waals surface area contributed by atoms with Gasteiger partial charge in [0.1, 0.15) is 12.4 Å². The third kappa shape index (κ3) is 4.29. The Bertz CT molecular complexity index is 1160. The van der Waals surface area contributed by atoms with E-state index < -0.39 is 0 Å². The van der Waals surface area contributed by atoms with Crippen LogP contribution in [0.4, 0.5) is 0 Å². The van der Waals surface area contributed by atoms with E-state index in [1.807, 2.05) is 18.2 Å². The van der Waals surface area contributed by atoms with Gasteiger partial charge >= 0.3 is 0 Å². The van der Waals surface area contributed by atoms with Gasteiger partial charge in [0.2, 0.25) is 0 Å². The molecule has 4 atom stereocenters. The summed E-state index contributed by atoms with van der Waals surface area (Å²) < 4.78 is 7.33. The predicted octanol–water partition coefficient (Wildman–Crippen LogP) is 6.63. The van der Waals surface area contributed by atoms with Crippen LogP contribution in [-0.2, 0) is 16.2 Å². The van der Waals surface area contributed by atoms with Gasteiger partial charge in [-0.2, -0.15) is 10.1 Å². The van der Waals surface area contributed by atoms with Gasteiger partial charge in [-0.05, 0) is 86.4 Å². The average Bonchev–Trinajstić information content (AvgIpc) is 3.06. The maximum absolute atomic E-state index is 12.9. The SMILES string of the molecule is O=C1[C@H]2[C@H](C(=O)N1/N=C\c1cc(Br)c(OCc3ccc(Cl)cc3Cl)c(Br)c1)[C@H]1C=C[C@H]2CC1. The lowest BCUT2D eigenvalue weighted by atomic mass is 9.63. The standard InChI is InChI=1S/C24H18Br2Cl2N2O3/c25-17-7-12(8-18(26)22(17)33-11-15-5-6-16(27)9-19(15)28)10-29-30-23(31)20-13-1-2-14(4-3-13)21(20)24(30)32/h1-2,5-10,13-14,20-21H,3-4,11H2/b29-10-/t13-,14-,20+,21+/m0/s1. The number of halogens is 4. The number of allylic oxidation sites excluding steroid dienone is 2. The lowest BCUT2D eigenvalue weighted by Crippen LogP contribution is -2.38. The summed E-state index contributed by atoms with van der Waals surface area (Å²) in [5, 5.41) is 6.42. The molecular weight excluding hydrogens is 595 g/mol. The summed E-state index contributed by atoms with van der Waals surface area (Å²) in [6.45, 7) is 0.260. The Labute approximate surface area is 218 Å². The van der Waals surface area contributed by atoms with Gasteiger partial charge in [0.25, 0.3) is 11.8 Å². The smallest absolute Gasteiger partial charge is 0.254 e. The van der Waals surface area contributed by atoms with E-state index in [2.05, 4.69) is 49.1 Å². The minimum absolute atomic E-state index is 0.144. The molecule has 2 aromatic carbocycles. The fourth-order valence-corrected chi connectivity index (χ4v) is 6.79. The average molecular weight is 613 g/mol. The zero-order chi connectivity index (χ0) is 23.3. The molecule has 2 amide bonds.